The van der Waals surface area contributed by atoms with Crippen LogP contribution in [0, 0.1) is 10.1 Å². The molecule has 0 aliphatic carbocycles. The molecule has 7 heteroatoms. The van der Waals surface area contributed by atoms with Crippen LogP contribution in [0.1, 0.15) is 5.56 Å². The Balaban J connectivity index is 1.65. The number of anilines is 1. The summed E-state index contributed by atoms with van der Waals surface area (Å²) in [5.74, 6) is 0.406. The molecule has 0 spiro atoms. The maximum atomic E-state index is 12.0. The van der Waals surface area contributed by atoms with Crippen LogP contribution in [0.5, 0.6) is 5.75 Å². The highest BCUT2D eigenvalue weighted by Crippen LogP contribution is 2.29. The second-order valence-corrected chi connectivity index (χ2v) is 5.75. The van der Waals surface area contributed by atoms with E-state index in [0.29, 0.717) is 17.3 Å². The summed E-state index contributed by atoms with van der Waals surface area (Å²) in [6.07, 6.45) is 4.94. The molecule has 1 N–H and O–H groups in total. The first kappa shape index (κ1) is 16.7. The fourth-order valence-electron chi connectivity index (χ4n) is 2.30. The number of hydrogen-bond acceptors (Lipinski definition) is 4. The van der Waals surface area contributed by atoms with Crippen molar-refractivity contribution in [1.82, 2.24) is 0 Å². The maximum Gasteiger partial charge on any atom is 0.269 e. The Bertz CT molecular complexity index is 888. The van der Waals surface area contributed by atoms with E-state index in [4.69, 9.17) is 16.3 Å². The minimum absolute atomic E-state index is 0.0321. The molecular weight excluding hydrogens is 344 g/mol. The van der Waals surface area contributed by atoms with Crippen LogP contribution in [0.2, 0.25) is 5.02 Å². The van der Waals surface area contributed by atoms with Gasteiger partial charge in [-0.05, 0) is 42.0 Å². The highest BCUT2D eigenvalue weighted by atomic mass is 35.5. The molecule has 1 heterocycles. The lowest BCUT2D eigenvalue weighted by atomic mass is 10.1. The number of rotatable bonds is 4. The van der Waals surface area contributed by atoms with Crippen molar-refractivity contribution in [3.63, 3.8) is 0 Å². The number of amides is 1. The number of non-ortho nitro benzene ring substituents is 1. The molecule has 0 saturated carbocycles. The fraction of sp³-hybridized carbons (Fsp3) is 0.0556. The van der Waals surface area contributed by atoms with Gasteiger partial charge in [0.25, 0.3) is 5.69 Å². The van der Waals surface area contributed by atoms with Gasteiger partial charge in [-0.15, -0.1) is 0 Å². The third kappa shape index (κ3) is 4.24. The standard InChI is InChI=1S/C18H13ClN2O4/c19-14-2-7-17-13(10-14)9-12(11-25-17)1-8-18(22)20-15-3-5-16(6-4-15)21(23)24/h1-10H,11H2,(H,20,22)/b8-1+. The van der Waals surface area contributed by atoms with E-state index in [1.165, 1.54) is 30.3 Å². The van der Waals surface area contributed by atoms with E-state index in [-0.39, 0.29) is 11.6 Å². The van der Waals surface area contributed by atoms with E-state index in [1.54, 1.807) is 24.3 Å². The van der Waals surface area contributed by atoms with Gasteiger partial charge < -0.3 is 10.1 Å². The van der Waals surface area contributed by atoms with Crippen molar-refractivity contribution < 1.29 is 14.5 Å². The minimum atomic E-state index is -0.495. The van der Waals surface area contributed by atoms with Crippen LogP contribution in [0.3, 0.4) is 0 Å². The summed E-state index contributed by atoms with van der Waals surface area (Å²) in [5.41, 5.74) is 2.13. The van der Waals surface area contributed by atoms with Gasteiger partial charge in [0.2, 0.25) is 5.91 Å². The summed E-state index contributed by atoms with van der Waals surface area (Å²) in [4.78, 5) is 22.1. The Morgan fingerprint density at radius 2 is 2.00 bits per heavy atom. The second-order valence-electron chi connectivity index (χ2n) is 5.32. The first-order valence-electron chi connectivity index (χ1n) is 7.38. The van der Waals surface area contributed by atoms with Gasteiger partial charge in [-0.3, -0.25) is 14.9 Å². The number of nitrogens with one attached hydrogen (secondary N) is 1. The smallest absolute Gasteiger partial charge is 0.269 e. The van der Waals surface area contributed by atoms with E-state index in [9.17, 15) is 14.9 Å². The average Bonchev–Trinajstić information content (AvgIpc) is 2.60. The summed E-state index contributed by atoms with van der Waals surface area (Å²) >= 11 is 5.96. The first-order valence-corrected chi connectivity index (χ1v) is 7.75. The van der Waals surface area contributed by atoms with Crippen LogP contribution in [0.15, 0.2) is 60.2 Å². The molecule has 1 amide bonds. The van der Waals surface area contributed by atoms with E-state index in [2.05, 4.69) is 5.32 Å². The highest BCUT2D eigenvalue weighted by Gasteiger charge is 2.10. The molecule has 3 rings (SSSR count). The number of fused-ring (bicyclic) bond motifs is 1. The van der Waals surface area contributed by atoms with Crippen LogP contribution < -0.4 is 10.1 Å². The highest BCUT2D eigenvalue weighted by molar-refractivity contribution is 6.30. The van der Waals surface area contributed by atoms with Gasteiger partial charge in [-0.1, -0.05) is 17.7 Å². The SMILES string of the molecule is O=C(/C=C/C1=Cc2cc(Cl)ccc2OC1)Nc1ccc([N+](=O)[O-])cc1. The van der Waals surface area contributed by atoms with Crippen molar-refractivity contribution in [2.45, 2.75) is 0 Å². The third-order valence-electron chi connectivity index (χ3n) is 3.50. The first-order chi connectivity index (χ1) is 12.0. The Hall–Kier alpha value is -3.12. The molecule has 1 aliphatic heterocycles. The fourth-order valence-corrected chi connectivity index (χ4v) is 2.48. The second kappa shape index (κ2) is 7.19. The van der Waals surface area contributed by atoms with Crippen LogP contribution in [-0.4, -0.2) is 17.4 Å². The number of nitro groups is 1. The number of ether oxygens (including phenoxy) is 1. The zero-order chi connectivity index (χ0) is 17.8. The Kier molecular flexibility index (Phi) is 4.81. The van der Waals surface area contributed by atoms with E-state index in [1.807, 2.05) is 6.08 Å². The molecule has 25 heavy (non-hydrogen) atoms. The number of hydrogen-bond donors (Lipinski definition) is 1. The monoisotopic (exact) mass is 356 g/mol. The summed E-state index contributed by atoms with van der Waals surface area (Å²) < 4.78 is 5.60. The van der Waals surface area contributed by atoms with Gasteiger partial charge >= 0.3 is 0 Å². The number of nitrogens with zero attached hydrogens (tertiary/aromatic N) is 1. The Morgan fingerprint density at radius 1 is 1.24 bits per heavy atom. The van der Waals surface area contributed by atoms with Gasteiger partial charge in [0.15, 0.2) is 0 Å². The topological polar surface area (TPSA) is 81.5 Å². The molecule has 2 aromatic rings. The summed E-state index contributed by atoms with van der Waals surface area (Å²) in [6, 6.07) is 11.0. The van der Waals surface area contributed by atoms with Gasteiger partial charge in [0.05, 0.1) is 4.92 Å². The summed E-state index contributed by atoms with van der Waals surface area (Å²) in [6.45, 7) is 0.357. The maximum absolute atomic E-state index is 12.0. The Morgan fingerprint density at radius 3 is 2.72 bits per heavy atom. The lowest BCUT2D eigenvalue weighted by Gasteiger charge is -2.16. The molecule has 0 unspecified atom stereocenters. The molecule has 0 bridgehead atoms. The predicted molar refractivity (Wildman–Crippen MR) is 95.8 cm³/mol. The number of benzene rings is 2. The zero-order valence-corrected chi connectivity index (χ0v) is 13.7. The van der Waals surface area contributed by atoms with Crippen molar-refractivity contribution >= 4 is 35.0 Å². The van der Waals surface area contributed by atoms with Crippen molar-refractivity contribution in [2.24, 2.45) is 0 Å². The summed E-state index contributed by atoms with van der Waals surface area (Å²) in [7, 11) is 0. The molecule has 2 aromatic carbocycles. The lowest BCUT2D eigenvalue weighted by molar-refractivity contribution is -0.384. The molecule has 0 atom stereocenters. The van der Waals surface area contributed by atoms with Crippen molar-refractivity contribution in [1.29, 1.82) is 0 Å². The van der Waals surface area contributed by atoms with Crippen molar-refractivity contribution in [3.8, 4) is 5.75 Å². The molecule has 6 nitrogen and oxygen atoms in total. The van der Waals surface area contributed by atoms with Gasteiger partial charge in [0.1, 0.15) is 12.4 Å². The van der Waals surface area contributed by atoms with Crippen LogP contribution in [0.25, 0.3) is 6.08 Å². The largest absolute Gasteiger partial charge is 0.488 e. The van der Waals surface area contributed by atoms with Crippen LogP contribution in [0.4, 0.5) is 11.4 Å². The molecule has 0 radical (unpaired) electrons. The molecule has 0 saturated heterocycles. The van der Waals surface area contributed by atoms with Crippen LogP contribution in [-0.2, 0) is 4.79 Å². The minimum Gasteiger partial charge on any atom is -0.488 e. The van der Waals surface area contributed by atoms with Gasteiger partial charge in [-0.2, -0.15) is 0 Å². The van der Waals surface area contributed by atoms with Crippen LogP contribution >= 0.6 is 11.6 Å². The molecule has 0 fully saturated rings. The number of halogens is 1. The molecule has 0 aromatic heterocycles. The molecule has 126 valence electrons. The predicted octanol–water partition coefficient (Wildman–Crippen LogP) is 4.22. The lowest BCUT2D eigenvalue weighted by Crippen LogP contribution is -2.09. The average molecular weight is 357 g/mol. The number of carbonyl (C=O) groups is 1. The molecule has 1 aliphatic rings. The Labute approximate surface area is 148 Å². The van der Waals surface area contributed by atoms with Crippen molar-refractivity contribution in [3.05, 3.63) is 80.9 Å². The third-order valence-corrected chi connectivity index (χ3v) is 3.74. The van der Waals surface area contributed by atoms with Gasteiger partial charge in [-0.25, -0.2) is 0 Å². The number of carbonyl (C=O) groups excluding carboxylic acids is 1. The van der Waals surface area contributed by atoms with E-state index >= 15 is 0 Å². The molecular formula is C18H13ClN2O4. The van der Waals surface area contributed by atoms with Crippen molar-refractivity contribution in [2.75, 3.05) is 11.9 Å². The summed E-state index contributed by atoms with van der Waals surface area (Å²) in [5, 5.41) is 13.9. The van der Waals surface area contributed by atoms with E-state index in [0.717, 1.165) is 16.9 Å². The van der Waals surface area contributed by atoms with E-state index < -0.39 is 4.92 Å². The normalized spacial score (nSPS) is 12.9. The quantitative estimate of drug-likeness (QED) is 0.505. The zero-order valence-electron chi connectivity index (χ0n) is 12.9. The number of nitro benzene ring substituents is 1. The van der Waals surface area contributed by atoms with Gasteiger partial charge in [0, 0.05) is 34.5 Å².